The summed E-state index contributed by atoms with van der Waals surface area (Å²) in [6, 6.07) is 16.8. The number of rotatable bonds is 0. The third-order valence-corrected chi connectivity index (χ3v) is 4.40. The molecule has 5 heteroatoms. The van der Waals surface area contributed by atoms with Crippen molar-refractivity contribution >= 4 is 17.7 Å². The number of hydrogen-bond acceptors (Lipinski definition) is 4. The van der Waals surface area contributed by atoms with Crippen LogP contribution >= 0.6 is 0 Å². The van der Waals surface area contributed by atoms with Gasteiger partial charge in [0.15, 0.2) is 0 Å². The molecule has 1 unspecified atom stereocenters. The summed E-state index contributed by atoms with van der Waals surface area (Å²) in [5, 5.41) is 2.74. The molecule has 0 fully saturated rings. The van der Waals surface area contributed by atoms with E-state index in [2.05, 4.69) is 51.6 Å². The molecule has 0 spiro atoms. The first-order valence-electron chi connectivity index (χ1n) is 7.62. The Morgan fingerprint density at radius 1 is 1.17 bits per heavy atom. The fourth-order valence-electron chi connectivity index (χ4n) is 3.36. The number of guanidine groups is 1. The number of aliphatic imine (C=N–C) groups is 1. The van der Waals surface area contributed by atoms with Crippen molar-refractivity contribution in [3.8, 4) is 0 Å². The van der Waals surface area contributed by atoms with E-state index in [4.69, 9.17) is 4.74 Å². The van der Waals surface area contributed by atoms with Gasteiger partial charge in [-0.05, 0) is 29.2 Å². The molecule has 2 aliphatic heterocycles. The SMILES string of the molecule is COC(=O)NC1=NCC2c3ccccc3Cc3ccccc3N12. The molecule has 23 heavy (non-hydrogen) atoms. The molecule has 0 radical (unpaired) electrons. The van der Waals surface area contributed by atoms with Crippen molar-refractivity contribution in [3.05, 3.63) is 65.2 Å². The number of amides is 1. The van der Waals surface area contributed by atoms with Gasteiger partial charge in [0.25, 0.3) is 0 Å². The smallest absolute Gasteiger partial charge is 0.413 e. The van der Waals surface area contributed by atoms with Gasteiger partial charge in [0.05, 0.1) is 19.7 Å². The number of anilines is 1. The lowest BCUT2D eigenvalue weighted by Crippen LogP contribution is -2.43. The topological polar surface area (TPSA) is 53.9 Å². The summed E-state index contributed by atoms with van der Waals surface area (Å²) in [4.78, 5) is 18.3. The van der Waals surface area contributed by atoms with Crippen LogP contribution in [0.25, 0.3) is 0 Å². The number of carbonyl (C=O) groups excluding carboxylic acids is 1. The number of ether oxygens (including phenoxy) is 1. The van der Waals surface area contributed by atoms with Crippen molar-refractivity contribution in [1.82, 2.24) is 5.32 Å². The van der Waals surface area contributed by atoms with E-state index in [9.17, 15) is 4.79 Å². The average molecular weight is 307 g/mol. The van der Waals surface area contributed by atoms with Crippen LogP contribution in [-0.2, 0) is 11.2 Å². The maximum atomic E-state index is 11.6. The second kappa shape index (κ2) is 5.43. The minimum Gasteiger partial charge on any atom is -0.453 e. The van der Waals surface area contributed by atoms with E-state index < -0.39 is 6.09 Å². The van der Waals surface area contributed by atoms with Crippen molar-refractivity contribution in [2.45, 2.75) is 12.5 Å². The Morgan fingerprint density at radius 3 is 2.74 bits per heavy atom. The van der Waals surface area contributed by atoms with Crippen LogP contribution in [0.4, 0.5) is 10.5 Å². The zero-order valence-electron chi connectivity index (χ0n) is 12.8. The number of nitrogens with one attached hydrogen (secondary N) is 1. The Labute approximate surface area is 134 Å². The molecule has 2 aromatic rings. The van der Waals surface area contributed by atoms with Gasteiger partial charge in [0.2, 0.25) is 5.96 Å². The second-order valence-electron chi connectivity index (χ2n) is 5.67. The van der Waals surface area contributed by atoms with Crippen LogP contribution < -0.4 is 10.2 Å². The molecule has 0 aliphatic carbocycles. The molecule has 0 saturated heterocycles. The van der Waals surface area contributed by atoms with Gasteiger partial charge in [-0.15, -0.1) is 0 Å². The Balaban J connectivity index is 1.83. The Hall–Kier alpha value is -2.82. The number of fused-ring (bicyclic) bond motifs is 5. The van der Waals surface area contributed by atoms with Crippen molar-refractivity contribution in [2.24, 2.45) is 4.99 Å². The number of para-hydroxylation sites is 1. The van der Waals surface area contributed by atoms with E-state index >= 15 is 0 Å². The van der Waals surface area contributed by atoms with Crippen LogP contribution in [0, 0.1) is 0 Å². The zero-order chi connectivity index (χ0) is 15.8. The third kappa shape index (κ3) is 2.25. The van der Waals surface area contributed by atoms with Gasteiger partial charge in [0.1, 0.15) is 0 Å². The molecule has 0 aromatic heterocycles. The number of benzene rings is 2. The number of nitrogens with zero attached hydrogens (tertiary/aromatic N) is 2. The molecule has 0 saturated carbocycles. The van der Waals surface area contributed by atoms with Gasteiger partial charge >= 0.3 is 6.09 Å². The van der Waals surface area contributed by atoms with Crippen molar-refractivity contribution in [1.29, 1.82) is 0 Å². The molecule has 1 N–H and O–H groups in total. The summed E-state index contributed by atoms with van der Waals surface area (Å²) in [5.41, 5.74) is 4.88. The molecule has 2 heterocycles. The fraction of sp³-hybridized carbons (Fsp3) is 0.222. The highest BCUT2D eigenvalue weighted by Gasteiger charge is 2.35. The molecule has 0 bridgehead atoms. The molecule has 2 aliphatic rings. The quantitative estimate of drug-likeness (QED) is 0.814. The normalized spacial score (nSPS) is 18.2. The largest absolute Gasteiger partial charge is 0.453 e. The van der Waals surface area contributed by atoms with Crippen LogP contribution in [0.2, 0.25) is 0 Å². The second-order valence-corrected chi connectivity index (χ2v) is 5.67. The van der Waals surface area contributed by atoms with Crippen LogP contribution in [0.5, 0.6) is 0 Å². The fourth-order valence-corrected chi connectivity index (χ4v) is 3.36. The van der Waals surface area contributed by atoms with Gasteiger partial charge in [0, 0.05) is 5.69 Å². The first-order valence-corrected chi connectivity index (χ1v) is 7.62. The minimum absolute atomic E-state index is 0.0991. The van der Waals surface area contributed by atoms with Crippen LogP contribution in [0.1, 0.15) is 22.7 Å². The summed E-state index contributed by atoms with van der Waals surface area (Å²) >= 11 is 0. The molecular formula is C18H17N3O2. The Morgan fingerprint density at radius 2 is 1.91 bits per heavy atom. The summed E-state index contributed by atoms with van der Waals surface area (Å²) < 4.78 is 4.72. The van der Waals surface area contributed by atoms with E-state index in [0.717, 1.165) is 12.1 Å². The maximum absolute atomic E-state index is 11.6. The lowest BCUT2D eigenvalue weighted by molar-refractivity contribution is 0.176. The molecule has 5 nitrogen and oxygen atoms in total. The van der Waals surface area contributed by atoms with Crippen molar-refractivity contribution in [3.63, 3.8) is 0 Å². The summed E-state index contributed by atoms with van der Waals surface area (Å²) in [7, 11) is 1.36. The summed E-state index contributed by atoms with van der Waals surface area (Å²) in [6.07, 6.45) is 0.379. The lowest BCUT2D eigenvalue weighted by atomic mass is 9.97. The number of carbonyl (C=O) groups is 1. The van der Waals surface area contributed by atoms with Gasteiger partial charge in [-0.3, -0.25) is 5.32 Å². The van der Waals surface area contributed by atoms with Gasteiger partial charge < -0.3 is 9.64 Å². The predicted molar refractivity (Wildman–Crippen MR) is 88.8 cm³/mol. The summed E-state index contributed by atoms with van der Waals surface area (Å²) in [6.45, 7) is 0.616. The average Bonchev–Trinajstić information content (AvgIpc) is 2.92. The molecule has 4 rings (SSSR count). The molecule has 1 amide bonds. The number of alkyl carbamates (subject to hydrolysis) is 1. The molecule has 1 atom stereocenters. The van der Waals surface area contributed by atoms with Crippen LogP contribution in [0.15, 0.2) is 53.5 Å². The van der Waals surface area contributed by atoms with E-state index in [1.807, 2.05) is 12.1 Å². The molecular weight excluding hydrogens is 290 g/mol. The molecule has 116 valence electrons. The predicted octanol–water partition coefficient (Wildman–Crippen LogP) is 2.86. The zero-order valence-corrected chi connectivity index (χ0v) is 12.8. The number of methoxy groups -OCH3 is 1. The Bertz CT molecular complexity index is 800. The standard InChI is InChI=1S/C18H17N3O2/c1-23-18(22)20-17-19-11-16-14-8-4-2-6-12(14)10-13-7-3-5-9-15(13)21(16)17/h2-9,16H,10-11H2,1H3,(H,19,20,22). The molecule has 2 aromatic carbocycles. The van der Waals surface area contributed by atoms with Gasteiger partial charge in [-0.2, -0.15) is 0 Å². The third-order valence-electron chi connectivity index (χ3n) is 4.40. The van der Waals surface area contributed by atoms with Crippen LogP contribution in [0.3, 0.4) is 0 Å². The van der Waals surface area contributed by atoms with Crippen molar-refractivity contribution in [2.75, 3.05) is 18.6 Å². The first-order chi connectivity index (χ1) is 11.3. The lowest BCUT2D eigenvalue weighted by Gasteiger charge is -2.28. The van der Waals surface area contributed by atoms with E-state index in [1.165, 1.54) is 23.8 Å². The first kappa shape index (κ1) is 13.8. The Kier molecular flexibility index (Phi) is 3.26. The van der Waals surface area contributed by atoms with Gasteiger partial charge in [-0.1, -0.05) is 42.5 Å². The van der Waals surface area contributed by atoms with Crippen LogP contribution in [-0.4, -0.2) is 25.7 Å². The summed E-state index contributed by atoms with van der Waals surface area (Å²) in [5.74, 6) is 0.547. The van der Waals surface area contributed by atoms with E-state index in [-0.39, 0.29) is 6.04 Å². The highest BCUT2D eigenvalue weighted by Crippen LogP contribution is 2.39. The van der Waals surface area contributed by atoms with E-state index in [0.29, 0.717) is 12.5 Å². The van der Waals surface area contributed by atoms with Crippen molar-refractivity contribution < 1.29 is 9.53 Å². The highest BCUT2D eigenvalue weighted by atomic mass is 16.5. The number of hydrogen-bond donors (Lipinski definition) is 1. The highest BCUT2D eigenvalue weighted by molar-refractivity contribution is 6.06. The van der Waals surface area contributed by atoms with Gasteiger partial charge in [-0.25, -0.2) is 9.79 Å². The van der Waals surface area contributed by atoms with E-state index in [1.54, 1.807) is 0 Å². The minimum atomic E-state index is -0.501. The monoisotopic (exact) mass is 307 g/mol. The maximum Gasteiger partial charge on any atom is 0.413 e.